The van der Waals surface area contributed by atoms with Gasteiger partial charge in [0.1, 0.15) is 5.75 Å². The van der Waals surface area contributed by atoms with E-state index >= 15 is 0 Å². The van der Waals surface area contributed by atoms with Gasteiger partial charge in [-0.3, -0.25) is 4.79 Å². The van der Waals surface area contributed by atoms with E-state index in [1.54, 1.807) is 17.0 Å². The van der Waals surface area contributed by atoms with E-state index in [2.05, 4.69) is 0 Å². The van der Waals surface area contributed by atoms with Crippen LogP contribution in [-0.2, 0) is 6.54 Å². The van der Waals surface area contributed by atoms with Crippen molar-refractivity contribution >= 4 is 11.6 Å². The first-order valence-electron chi connectivity index (χ1n) is 6.55. The minimum absolute atomic E-state index is 0.0898. The lowest BCUT2D eigenvalue weighted by Gasteiger charge is -2.21. The van der Waals surface area contributed by atoms with Crippen molar-refractivity contribution in [2.24, 2.45) is 5.73 Å². The number of rotatable bonds is 4. The Balaban J connectivity index is 2.26. The van der Waals surface area contributed by atoms with E-state index in [0.717, 1.165) is 11.3 Å². The number of nitrogens with zero attached hydrogens (tertiary/aromatic N) is 1. The maximum atomic E-state index is 12.5. The SMILES string of the molecule is CCN(C(=O)c1ccc(O)cc1)c1ccc(CN)cc1. The quantitative estimate of drug-likeness (QED) is 0.897. The number of amides is 1. The minimum Gasteiger partial charge on any atom is -0.508 e. The summed E-state index contributed by atoms with van der Waals surface area (Å²) >= 11 is 0. The van der Waals surface area contributed by atoms with Gasteiger partial charge < -0.3 is 15.7 Å². The van der Waals surface area contributed by atoms with E-state index in [1.807, 2.05) is 31.2 Å². The van der Waals surface area contributed by atoms with Crippen molar-refractivity contribution in [3.05, 3.63) is 59.7 Å². The van der Waals surface area contributed by atoms with Crippen molar-refractivity contribution in [1.29, 1.82) is 0 Å². The molecule has 2 aromatic rings. The summed E-state index contributed by atoms with van der Waals surface area (Å²) in [5.74, 6) is 0.0601. The number of carbonyl (C=O) groups is 1. The van der Waals surface area contributed by atoms with Crippen molar-refractivity contribution in [1.82, 2.24) is 0 Å². The van der Waals surface area contributed by atoms with Crippen molar-refractivity contribution in [2.75, 3.05) is 11.4 Å². The maximum absolute atomic E-state index is 12.5. The molecule has 0 radical (unpaired) electrons. The molecule has 1 amide bonds. The van der Waals surface area contributed by atoms with Crippen LogP contribution in [-0.4, -0.2) is 17.6 Å². The van der Waals surface area contributed by atoms with E-state index in [1.165, 1.54) is 12.1 Å². The standard InChI is InChI=1S/C16H18N2O2/c1-2-18(14-7-3-12(11-17)4-8-14)16(20)13-5-9-15(19)10-6-13/h3-10,19H,2,11,17H2,1H3. The summed E-state index contributed by atoms with van der Waals surface area (Å²) in [6, 6.07) is 13.9. The third kappa shape index (κ3) is 2.97. The van der Waals surface area contributed by atoms with Crippen LogP contribution in [0.5, 0.6) is 5.75 Å². The lowest BCUT2D eigenvalue weighted by molar-refractivity contribution is 0.0988. The molecule has 2 aromatic carbocycles. The number of phenols is 1. The third-order valence-corrected chi connectivity index (χ3v) is 3.16. The summed E-state index contributed by atoms with van der Waals surface area (Å²) in [5, 5.41) is 9.27. The number of phenolic OH excluding ortho intramolecular Hbond substituents is 1. The van der Waals surface area contributed by atoms with Crippen LogP contribution in [0.1, 0.15) is 22.8 Å². The molecule has 0 saturated carbocycles. The first kappa shape index (κ1) is 14.1. The van der Waals surface area contributed by atoms with Crippen LogP contribution in [0.4, 0.5) is 5.69 Å². The molecule has 0 spiro atoms. The van der Waals surface area contributed by atoms with Gasteiger partial charge in [0.15, 0.2) is 0 Å². The number of carbonyl (C=O) groups excluding carboxylic acids is 1. The average Bonchev–Trinajstić information content (AvgIpc) is 2.49. The highest BCUT2D eigenvalue weighted by atomic mass is 16.3. The number of nitrogens with two attached hydrogens (primary N) is 1. The van der Waals surface area contributed by atoms with Crippen LogP contribution in [0.25, 0.3) is 0 Å². The smallest absolute Gasteiger partial charge is 0.258 e. The Morgan fingerprint density at radius 3 is 2.20 bits per heavy atom. The van der Waals surface area contributed by atoms with Crippen LogP contribution in [0.3, 0.4) is 0 Å². The summed E-state index contributed by atoms with van der Waals surface area (Å²) in [7, 11) is 0. The Kier molecular flexibility index (Phi) is 4.38. The van der Waals surface area contributed by atoms with E-state index in [0.29, 0.717) is 18.7 Å². The molecule has 0 heterocycles. The second-order valence-corrected chi connectivity index (χ2v) is 4.47. The Bertz CT molecular complexity index is 576. The first-order valence-corrected chi connectivity index (χ1v) is 6.55. The molecule has 0 bridgehead atoms. The second-order valence-electron chi connectivity index (χ2n) is 4.47. The lowest BCUT2D eigenvalue weighted by atomic mass is 10.1. The maximum Gasteiger partial charge on any atom is 0.258 e. The van der Waals surface area contributed by atoms with Gasteiger partial charge in [-0.1, -0.05) is 12.1 Å². The molecule has 0 unspecified atom stereocenters. The summed E-state index contributed by atoms with van der Waals surface area (Å²) in [6.07, 6.45) is 0. The molecule has 0 aromatic heterocycles. The van der Waals surface area contributed by atoms with Crippen LogP contribution in [0, 0.1) is 0 Å². The highest BCUT2D eigenvalue weighted by Gasteiger charge is 2.15. The molecule has 2 rings (SSSR count). The fourth-order valence-electron chi connectivity index (χ4n) is 2.02. The number of hydrogen-bond donors (Lipinski definition) is 2. The molecule has 4 heteroatoms. The fraction of sp³-hybridized carbons (Fsp3) is 0.188. The molecule has 0 aliphatic carbocycles. The van der Waals surface area contributed by atoms with Gasteiger partial charge in [-0.25, -0.2) is 0 Å². The van der Waals surface area contributed by atoms with E-state index < -0.39 is 0 Å². The van der Waals surface area contributed by atoms with Crippen molar-refractivity contribution in [3.63, 3.8) is 0 Å². The Morgan fingerprint density at radius 1 is 1.10 bits per heavy atom. The van der Waals surface area contributed by atoms with Crippen LogP contribution in [0.2, 0.25) is 0 Å². The normalized spacial score (nSPS) is 10.3. The molecule has 104 valence electrons. The largest absolute Gasteiger partial charge is 0.508 e. The number of benzene rings is 2. The van der Waals surface area contributed by atoms with Gasteiger partial charge in [0.25, 0.3) is 5.91 Å². The van der Waals surface area contributed by atoms with Crippen LogP contribution < -0.4 is 10.6 Å². The molecule has 0 aliphatic heterocycles. The summed E-state index contributed by atoms with van der Waals surface area (Å²) in [6.45, 7) is 2.98. The molecule has 0 fully saturated rings. The topological polar surface area (TPSA) is 66.6 Å². The number of hydrogen-bond acceptors (Lipinski definition) is 3. The highest BCUT2D eigenvalue weighted by molar-refractivity contribution is 6.06. The van der Waals surface area contributed by atoms with Gasteiger partial charge in [-0.15, -0.1) is 0 Å². The van der Waals surface area contributed by atoms with Crippen molar-refractivity contribution in [3.8, 4) is 5.75 Å². The second kappa shape index (κ2) is 6.21. The summed E-state index contributed by atoms with van der Waals surface area (Å²) < 4.78 is 0. The van der Waals surface area contributed by atoms with Gasteiger partial charge in [0.2, 0.25) is 0 Å². The molecular weight excluding hydrogens is 252 g/mol. The lowest BCUT2D eigenvalue weighted by Crippen LogP contribution is -2.30. The summed E-state index contributed by atoms with van der Waals surface area (Å²) in [4.78, 5) is 14.1. The van der Waals surface area contributed by atoms with Gasteiger partial charge in [-0.2, -0.15) is 0 Å². The molecule has 0 saturated heterocycles. The van der Waals surface area contributed by atoms with Crippen LogP contribution >= 0.6 is 0 Å². The fourth-order valence-corrected chi connectivity index (χ4v) is 2.02. The van der Waals surface area contributed by atoms with Gasteiger partial charge in [0, 0.05) is 24.3 Å². The molecule has 4 nitrogen and oxygen atoms in total. The first-order chi connectivity index (χ1) is 9.65. The zero-order chi connectivity index (χ0) is 14.5. The van der Waals surface area contributed by atoms with Crippen molar-refractivity contribution in [2.45, 2.75) is 13.5 Å². The minimum atomic E-state index is -0.0898. The van der Waals surface area contributed by atoms with E-state index in [9.17, 15) is 9.90 Å². The Labute approximate surface area is 118 Å². The molecule has 20 heavy (non-hydrogen) atoms. The van der Waals surface area contributed by atoms with Gasteiger partial charge in [0.05, 0.1) is 0 Å². The van der Waals surface area contributed by atoms with E-state index in [4.69, 9.17) is 5.73 Å². The zero-order valence-corrected chi connectivity index (χ0v) is 11.4. The van der Waals surface area contributed by atoms with Gasteiger partial charge >= 0.3 is 0 Å². The third-order valence-electron chi connectivity index (χ3n) is 3.16. The average molecular weight is 270 g/mol. The molecular formula is C16H18N2O2. The number of aromatic hydroxyl groups is 1. The highest BCUT2D eigenvalue weighted by Crippen LogP contribution is 2.19. The number of anilines is 1. The predicted molar refractivity (Wildman–Crippen MR) is 79.8 cm³/mol. The van der Waals surface area contributed by atoms with Crippen LogP contribution in [0.15, 0.2) is 48.5 Å². The predicted octanol–water partition coefficient (Wildman–Crippen LogP) is 2.52. The Hall–Kier alpha value is -2.33. The van der Waals surface area contributed by atoms with Gasteiger partial charge in [-0.05, 0) is 48.9 Å². The zero-order valence-electron chi connectivity index (χ0n) is 11.4. The van der Waals surface area contributed by atoms with Crippen molar-refractivity contribution < 1.29 is 9.90 Å². The van der Waals surface area contributed by atoms with E-state index in [-0.39, 0.29) is 11.7 Å². The Morgan fingerprint density at radius 2 is 1.70 bits per heavy atom. The summed E-state index contributed by atoms with van der Waals surface area (Å²) in [5.41, 5.74) is 7.98. The molecule has 0 aliphatic rings. The molecule has 3 N–H and O–H groups in total. The molecule has 0 atom stereocenters. The monoisotopic (exact) mass is 270 g/mol.